The Hall–Kier alpha value is -3.45. The van der Waals surface area contributed by atoms with Crippen LogP contribution in [0.15, 0.2) is 70.1 Å². The highest BCUT2D eigenvalue weighted by atomic mass is 35.5. The van der Waals surface area contributed by atoms with E-state index in [9.17, 15) is 14.9 Å². The van der Waals surface area contributed by atoms with Crippen LogP contribution in [-0.4, -0.2) is 17.0 Å². The monoisotopic (exact) mass is 369 g/mol. The van der Waals surface area contributed by atoms with E-state index in [-0.39, 0.29) is 17.6 Å². The van der Waals surface area contributed by atoms with Gasteiger partial charge < -0.3 is 9.73 Å². The highest BCUT2D eigenvalue weighted by molar-refractivity contribution is 6.30. The number of para-hydroxylation sites is 1. The Kier molecular flexibility index (Phi) is 5.09. The molecule has 0 radical (unpaired) electrons. The third kappa shape index (κ3) is 4.14. The lowest BCUT2D eigenvalue weighted by Crippen LogP contribution is -2.11. The lowest BCUT2D eigenvalue weighted by Gasteiger charge is -2.07. The molecule has 2 aromatic carbocycles. The van der Waals surface area contributed by atoms with Crippen molar-refractivity contribution < 1.29 is 14.1 Å². The van der Waals surface area contributed by atoms with E-state index in [1.807, 2.05) is 0 Å². The van der Waals surface area contributed by atoms with E-state index >= 15 is 0 Å². The summed E-state index contributed by atoms with van der Waals surface area (Å²) < 4.78 is 5.01. The maximum Gasteiger partial charge on any atom is 0.433 e. The van der Waals surface area contributed by atoms with Gasteiger partial charge in [-0.1, -0.05) is 23.7 Å². The van der Waals surface area contributed by atoms with Gasteiger partial charge in [0, 0.05) is 10.7 Å². The molecular formula is C18H12ClN3O4. The average Bonchev–Trinajstić information content (AvgIpc) is 3.11. The SMILES string of the molecule is O=C(Nc1ccc(Cl)cc1)c1ccccc1N=Cc1ccc([N+](=O)[O-])o1. The molecule has 3 aromatic rings. The number of benzene rings is 2. The second-order valence-electron chi connectivity index (χ2n) is 5.17. The third-order valence-electron chi connectivity index (χ3n) is 3.37. The molecule has 0 saturated carbocycles. The van der Waals surface area contributed by atoms with Crippen LogP contribution >= 0.6 is 11.6 Å². The number of carbonyl (C=O) groups is 1. The minimum atomic E-state index is -0.634. The molecule has 0 bridgehead atoms. The van der Waals surface area contributed by atoms with Gasteiger partial charge in [-0.2, -0.15) is 0 Å². The number of nitro groups is 1. The summed E-state index contributed by atoms with van der Waals surface area (Å²) in [5, 5.41) is 14.0. The Balaban J connectivity index is 1.80. The summed E-state index contributed by atoms with van der Waals surface area (Å²) >= 11 is 5.83. The Morgan fingerprint density at radius 2 is 1.85 bits per heavy atom. The van der Waals surface area contributed by atoms with Crippen molar-refractivity contribution in [1.29, 1.82) is 0 Å². The van der Waals surface area contributed by atoms with Gasteiger partial charge in [0.05, 0.1) is 23.5 Å². The van der Waals surface area contributed by atoms with E-state index in [4.69, 9.17) is 16.0 Å². The van der Waals surface area contributed by atoms with Gasteiger partial charge in [0.1, 0.15) is 4.92 Å². The van der Waals surface area contributed by atoms with Gasteiger partial charge in [0.2, 0.25) is 0 Å². The van der Waals surface area contributed by atoms with Crippen molar-refractivity contribution >= 4 is 41.0 Å². The van der Waals surface area contributed by atoms with Crippen LogP contribution < -0.4 is 5.32 Å². The molecule has 3 rings (SSSR count). The first kappa shape index (κ1) is 17.4. The molecule has 1 amide bonds. The maximum atomic E-state index is 12.5. The standard InChI is InChI=1S/C18H12ClN3O4/c19-12-5-7-13(8-6-12)21-18(23)15-3-1-2-4-16(15)20-11-14-9-10-17(26-14)22(24)25/h1-11H,(H,21,23). The maximum absolute atomic E-state index is 12.5. The van der Waals surface area contributed by atoms with Gasteiger partial charge in [0.25, 0.3) is 5.91 Å². The number of anilines is 1. The highest BCUT2D eigenvalue weighted by Gasteiger charge is 2.12. The first-order valence-electron chi connectivity index (χ1n) is 7.47. The number of amides is 1. The summed E-state index contributed by atoms with van der Waals surface area (Å²) in [6.07, 6.45) is 1.32. The first-order valence-corrected chi connectivity index (χ1v) is 7.85. The van der Waals surface area contributed by atoms with Crippen LogP contribution in [0, 0.1) is 10.1 Å². The molecule has 1 N–H and O–H groups in total. The van der Waals surface area contributed by atoms with Crippen LogP contribution in [0.1, 0.15) is 16.1 Å². The Bertz CT molecular complexity index is 980. The summed E-state index contributed by atoms with van der Waals surface area (Å²) in [7, 11) is 0. The van der Waals surface area contributed by atoms with E-state index in [1.165, 1.54) is 18.3 Å². The van der Waals surface area contributed by atoms with Crippen molar-refractivity contribution in [3.05, 3.63) is 87.1 Å². The number of nitrogens with zero attached hydrogens (tertiary/aromatic N) is 2. The van der Waals surface area contributed by atoms with E-state index in [0.717, 1.165) is 0 Å². The van der Waals surface area contributed by atoms with Crippen molar-refractivity contribution in [2.45, 2.75) is 0 Å². The van der Waals surface area contributed by atoms with Gasteiger partial charge >= 0.3 is 5.88 Å². The molecule has 7 nitrogen and oxygen atoms in total. The molecule has 0 spiro atoms. The normalized spacial score (nSPS) is 10.8. The minimum Gasteiger partial charge on any atom is -0.400 e. The fourth-order valence-corrected chi connectivity index (χ4v) is 2.28. The van der Waals surface area contributed by atoms with Crippen LogP contribution in [0.4, 0.5) is 17.3 Å². The molecule has 1 aromatic heterocycles. The number of halogens is 1. The number of rotatable bonds is 5. The molecule has 0 aliphatic rings. The number of hydrogen-bond acceptors (Lipinski definition) is 5. The van der Waals surface area contributed by atoms with Crippen LogP contribution in [0.25, 0.3) is 0 Å². The van der Waals surface area contributed by atoms with E-state index in [0.29, 0.717) is 22.0 Å². The molecule has 8 heteroatoms. The quantitative estimate of drug-likeness (QED) is 0.395. The fourth-order valence-electron chi connectivity index (χ4n) is 2.15. The highest BCUT2D eigenvalue weighted by Crippen LogP contribution is 2.22. The van der Waals surface area contributed by atoms with Crippen molar-refractivity contribution in [3.63, 3.8) is 0 Å². The molecule has 0 aliphatic carbocycles. The summed E-state index contributed by atoms with van der Waals surface area (Å²) in [6.45, 7) is 0. The molecule has 0 unspecified atom stereocenters. The first-order chi connectivity index (χ1) is 12.5. The number of carbonyl (C=O) groups excluding carboxylic acids is 1. The Morgan fingerprint density at radius 1 is 1.12 bits per heavy atom. The summed E-state index contributed by atoms with van der Waals surface area (Å²) in [6, 6.07) is 16.1. The van der Waals surface area contributed by atoms with Gasteiger partial charge in [-0.05, 0) is 42.5 Å². The molecule has 1 heterocycles. The Labute approximate surface area is 153 Å². The number of furan rings is 1. The van der Waals surface area contributed by atoms with Crippen LogP contribution in [-0.2, 0) is 0 Å². The zero-order chi connectivity index (χ0) is 18.5. The second kappa shape index (κ2) is 7.62. The average molecular weight is 370 g/mol. The molecular weight excluding hydrogens is 358 g/mol. The van der Waals surface area contributed by atoms with Crippen molar-refractivity contribution in [2.24, 2.45) is 4.99 Å². The third-order valence-corrected chi connectivity index (χ3v) is 3.63. The zero-order valence-corrected chi connectivity index (χ0v) is 14.0. The smallest absolute Gasteiger partial charge is 0.400 e. The van der Waals surface area contributed by atoms with Gasteiger partial charge in [0.15, 0.2) is 5.76 Å². The van der Waals surface area contributed by atoms with Crippen molar-refractivity contribution in [1.82, 2.24) is 0 Å². The molecule has 0 aliphatic heterocycles. The second-order valence-corrected chi connectivity index (χ2v) is 5.61. The van der Waals surface area contributed by atoms with Crippen LogP contribution in [0.2, 0.25) is 5.02 Å². The number of aliphatic imine (C=N–C) groups is 1. The van der Waals surface area contributed by atoms with Crippen molar-refractivity contribution in [2.75, 3.05) is 5.32 Å². The van der Waals surface area contributed by atoms with Gasteiger partial charge in [-0.3, -0.25) is 19.9 Å². The molecule has 26 heavy (non-hydrogen) atoms. The van der Waals surface area contributed by atoms with Crippen molar-refractivity contribution in [3.8, 4) is 0 Å². The summed E-state index contributed by atoms with van der Waals surface area (Å²) in [4.78, 5) is 26.7. The Morgan fingerprint density at radius 3 is 2.54 bits per heavy atom. The number of nitrogens with one attached hydrogen (secondary N) is 1. The van der Waals surface area contributed by atoms with E-state index in [2.05, 4.69) is 10.3 Å². The molecule has 0 atom stereocenters. The molecule has 0 fully saturated rings. The van der Waals surface area contributed by atoms with Gasteiger partial charge in [-0.15, -0.1) is 0 Å². The van der Waals surface area contributed by atoms with E-state index in [1.54, 1.807) is 48.5 Å². The van der Waals surface area contributed by atoms with Crippen LogP contribution in [0.3, 0.4) is 0 Å². The molecule has 0 saturated heterocycles. The summed E-state index contributed by atoms with van der Waals surface area (Å²) in [5.74, 6) is -0.504. The topological polar surface area (TPSA) is 97.7 Å². The molecule has 130 valence electrons. The fraction of sp³-hybridized carbons (Fsp3) is 0. The lowest BCUT2D eigenvalue weighted by molar-refractivity contribution is -0.402. The largest absolute Gasteiger partial charge is 0.433 e. The minimum absolute atomic E-state index is 0.213. The zero-order valence-electron chi connectivity index (χ0n) is 13.3. The van der Waals surface area contributed by atoms with Crippen LogP contribution in [0.5, 0.6) is 0 Å². The number of hydrogen-bond donors (Lipinski definition) is 1. The van der Waals surface area contributed by atoms with Gasteiger partial charge in [-0.25, -0.2) is 0 Å². The summed E-state index contributed by atoms with van der Waals surface area (Å²) in [5.41, 5.74) is 1.35. The predicted octanol–water partition coefficient (Wildman–Crippen LogP) is 4.84. The van der Waals surface area contributed by atoms with E-state index < -0.39 is 4.92 Å². The lowest BCUT2D eigenvalue weighted by atomic mass is 10.1. The predicted molar refractivity (Wildman–Crippen MR) is 98.5 cm³/mol.